The van der Waals surface area contributed by atoms with Crippen LogP contribution >= 0.6 is 0 Å². The van der Waals surface area contributed by atoms with Gasteiger partial charge in [0.2, 0.25) is 0 Å². The summed E-state index contributed by atoms with van der Waals surface area (Å²) >= 11 is 0. The molecule has 1 aromatic rings. The molecule has 0 aliphatic heterocycles. The average molecular weight is 301 g/mol. The quantitative estimate of drug-likeness (QED) is 0.703. The van der Waals surface area contributed by atoms with Crippen molar-refractivity contribution in [2.24, 2.45) is 5.73 Å². The van der Waals surface area contributed by atoms with Gasteiger partial charge in [-0.15, -0.1) is 0 Å². The van der Waals surface area contributed by atoms with E-state index in [0.717, 1.165) is 5.56 Å². The first kappa shape index (κ1) is 16.8. The van der Waals surface area contributed by atoms with Crippen molar-refractivity contribution in [3.8, 4) is 11.5 Å². The van der Waals surface area contributed by atoms with E-state index < -0.39 is 9.84 Å². The fourth-order valence-corrected chi connectivity index (χ4v) is 2.52. The van der Waals surface area contributed by atoms with Crippen LogP contribution in [0.1, 0.15) is 25.8 Å². The minimum Gasteiger partial charge on any atom is -0.490 e. The normalized spacial score (nSPS) is 11.3. The van der Waals surface area contributed by atoms with Gasteiger partial charge in [-0.2, -0.15) is 0 Å². The van der Waals surface area contributed by atoms with Gasteiger partial charge in [0.05, 0.1) is 19.0 Å². The van der Waals surface area contributed by atoms with Crippen LogP contribution in [0.15, 0.2) is 18.2 Å². The van der Waals surface area contributed by atoms with Crippen LogP contribution in [-0.4, -0.2) is 33.1 Å². The number of rotatable bonds is 9. The first-order chi connectivity index (χ1) is 9.52. The van der Waals surface area contributed by atoms with Gasteiger partial charge < -0.3 is 15.2 Å². The highest BCUT2D eigenvalue weighted by Crippen LogP contribution is 2.28. The lowest BCUT2D eigenvalue weighted by molar-refractivity contribution is 0.277. The molecule has 0 fully saturated rings. The van der Waals surface area contributed by atoms with Crippen molar-refractivity contribution in [1.29, 1.82) is 0 Å². The summed E-state index contributed by atoms with van der Waals surface area (Å²) in [5.74, 6) is 1.59. The molecule has 0 unspecified atom stereocenters. The first-order valence-corrected chi connectivity index (χ1v) is 8.63. The van der Waals surface area contributed by atoms with E-state index in [2.05, 4.69) is 0 Å². The smallest absolute Gasteiger partial charge is 0.161 e. The topological polar surface area (TPSA) is 78.6 Å². The summed E-state index contributed by atoms with van der Waals surface area (Å²) in [7, 11) is -2.93. The molecule has 0 spiro atoms. The molecule has 0 aliphatic carbocycles. The lowest BCUT2D eigenvalue weighted by Gasteiger charge is -2.13. The summed E-state index contributed by atoms with van der Waals surface area (Å²) in [6, 6.07) is 5.53. The Morgan fingerprint density at radius 1 is 1.15 bits per heavy atom. The highest BCUT2D eigenvalue weighted by Gasteiger charge is 2.09. The van der Waals surface area contributed by atoms with Gasteiger partial charge in [-0.05, 0) is 31.0 Å². The number of nitrogens with two attached hydrogens (primary N) is 1. The molecule has 0 bridgehead atoms. The van der Waals surface area contributed by atoms with Gasteiger partial charge >= 0.3 is 0 Å². The van der Waals surface area contributed by atoms with E-state index in [1.54, 1.807) is 6.92 Å². The van der Waals surface area contributed by atoms with Crippen LogP contribution in [0.5, 0.6) is 11.5 Å². The minimum atomic E-state index is -2.93. The zero-order valence-electron chi connectivity index (χ0n) is 12.1. The summed E-state index contributed by atoms with van der Waals surface area (Å²) in [6.45, 7) is 4.87. The van der Waals surface area contributed by atoms with E-state index in [4.69, 9.17) is 15.2 Å². The van der Waals surface area contributed by atoms with Gasteiger partial charge in [0.25, 0.3) is 0 Å². The maximum Gasteiger partial charge on any atom is 0.161 e. The third-order valence-corrected chi connectivity index (χ3v) is 4.63. The van der Waals surface area contributed by atoms with Crippen LogP contribution in [0.3, 0.4) is 0 Å². The molecule has 114 valence electrons. The predicted octanol–water partition coefficient (Wildman–Crippen LogP) is 1.75. The Hall–Kier alpha value is -1.27. The molecular formula is C14H23NO4S. The van der Waals surface area contributed by atoms with Crippen LogP contribution in [0.4, 0.5) is 0 Å². The molecule has 1 rings (SSSR count). The maximum absolute atomic E-state index is 11.4. The second-order valence-electron chi connectivity index (χ2n) is 4.36. The van der Waals surface area contributed by atoms with E-state index in [0.29, 0.717) is 37.7 Å². The van der Waals surface area contributed by atoms with E-state index in [1.807, 2.05) is 25.1 Å². The largest absolute Gasteiger partial charge is 0.490 e. The summed E-state index contributed by atoms with van der Waals surface area (Å²) in [6.07, 6.45) is 0.473. The average Bonchev–Trinajstić information content (AvgIpc) is 2.45. The van der Waals surface area contributed by atoms with Crippen molar-refractivity contribution in [2.75, 3.05) is 24.7 Å². The van der Waals surface area contributed by atoms with Crippen LogP contribution < -0.4 is 15.2 Å². The maximum atomic E-state index is 11.4. The molecule has 0 aliphatic rings. The Balaban J connectivity index is 2.58. The molecule has 0 atom stereocenters. The van der Waals surface area contributed by atoms with Gasteiger partial charge in [0.15, 0.2) is 11.5 Å². The van der Waals surface area contributed by atoms with Crippen molar-refractivity contribution >= 4 is 9.84 Å². The molecule has 20 heavy (non-hydrogen) atoms. The molecule has 0 heterocycles. The van der Waals surface area contributed by atoms with Crippen LogP contribution in [0.2, 0.25) is 0 Å². The van der Waals surface area contributed by atoms with Crippen molar-refractivity contribution in [1.82, 2.24) is 0 Å². The van der Waals surface area contributed by atoms with Gasteiger partial charge in [-0.25, -0.2) is 8.42 Å². The SMILES string of the molecule is CCOc1cc(CN)ccc1OCCCS(=O)(=O)CC. The molecule has 2 N–H and O–H groups in total. The lowest BCUT2D eigenvalue weighted by atomic mass is 10.2. The Labute approximate surface area is 121 Å². The summed E-state index contributed by atoms with van der Waals surface area (Å²) in [4.78, 5) is 0. The van der Waals surface area contributed by atoms with E-state index in [1.165, 1.54) is 0 Å². The molecule has 1 aromatic carbocycles. The van der Waals surface area contributed by atoms with Crippen molar-refractivity contribution in [3.63, 3.8) is 0 Å². The van der Waals surface area contributed by atoms with Crippen LogP contribution in [-0.2, 0) is 16.4 Å². The molecule has 6 heteroatoms. The third kappa shape index (κ3) is 5.38. The highest BCUT2D eigenvalue weighted by atomic mass is 32.2. The Morgan fingerprint density at radius 2 is 1.90 bits per heavy atom. The van der Waals surface area contributed by atoms with Gasteiger partial charge in [-0.3, -0.25) is 0 Å². The predicted molar refractivity (Wildman–Crippen MR) is 79.9 cm³/mol. The molecule has 0 saturated heterocycles. The number of sulfone groups is 1. The molecule has 5 nitrogen and oxygen atoms in total. The fourth-order valence-electron chi connectivity index (χ4n) is 1.67. The zero-order chi connectivity index (χ0) is 15.0. The second kappa shape index (κ2) is 8.11. The van der Waals surface area contributed by atoms with Crippen LogP contribution in [0, 0.1) is 0 Å². The monoisotopic (exact) mass is 301 g/mol. The van der Waals surface area contributed by atoms with Crippen molar-refractivity contribution in [3.05, 3.63) is 23.8 Å². The Morgan fingerprint density at radius 3 is 2.50 bits per heavy atom. The molecular weight excluding hydrogens is 278 g/mol. The molecule has 0 radical (unpaired) electrons. The third-order valence-electron chi connectivity index (χ3n) is 2.84. The zero-order valence-corrected chi connectivity index (χ0v) is 12.9. The number of hydrogen-bond acceptors (Lipinski definition) is 5. The lowest BCUT2D eigenvalue weighted by Crippen LogP contribution is -2.12. The summed E-state index contributed by atoms with van der Waals surface area (Å²) in [5.41, 5.74) is 6.55. The van der Waals surface area contributed by atoms with Gasteiger partial charge in [-0.1, -0.05) is 13.0 Å². The molecule has 0 aromatic heterocycles. The van der Waals surface area contributed by atoms with Crippen LogP contribution in [0.25, 0.3) is 0 Å². The fraction of sp³-hybridized carbons (Fsp3) is 0.571. The summed E-state index contributed by atoms with van der Waals surface area (Å²) < 4.78 is 33.8. The number of ether oxygens (including phenoxy) is 2. The Bertz CT molecular complexity index is 514. The van der Waals surface area contributed by atoms with E-state index >= 15 is 0 Å². The first-order valence-electron chi connectivity index (χ1n) is 6.81. The van der Waals surface area contributed by atoms with Crippen molar-refractivity contribution < 1.29 is 17.9 Å². The summed E-state index contributed by atoms with van der Waals surface area (Å²) in [5, 5.41) is 0. The standard InChI is InChI=1S/C14H23NO4S/c1-3-18-14-10-12(11-15)6-7-13(14)19-8-5-9-20(16,17)4-2/h6-7,10H,3-5,8-9,11,15H2,1-2H3. The van der Waals surface area contributed by atoms with Gasteiger partial charge in [0.1, 0.15) is 9.84 Å². The van der Waals surface area contributed by atoms with Crippen molar-refractivity contribution in [2.45, 2.75) is 26.8 Å². The molecule has 0 saturated carbocycles. The number of hydrogen-bond donors (Lipinski definition) is 1. The Kier molecular flexibility index (Phi) is 6.81. The van der Waals surface area contributed by atoms with E-state index in [9.17, 15) is 8.42 Å². The highest BCUT2D eigenvalue weighted by molar-refractivity contribution is 7.91. The van der Waals surface area contributed by atoms with Gasteiger partial charge in [0, 0.05) is 12.3 Å². The number of benzene rings is 1. The second-order valence-corrected chi connectivity index (χ2v) is 6.83. The molecule has 0 amide bonds. The minimum absolute atomic E-state index is 0.147. The van der Waals surface area contributed by atoms with E-state index in [-0.39, 0.29) is 11.5 Å².